The number of benzene rings is 1. The van der Waals surface area contributed by atoms with Crippen LogP contribution in [0.15, 0.2) is 53.1 Å². The molecule has 0 aliphatic rings. The minimum absolute atomic E-state index is 0.0186. The van der Waals surface area contributed by atoms with Gasteiger partial charge in [0.25, 0.3) is 0 Å². The van der Waals surface area contributed by atoms with Gasteiger partial charge in [-0.3, -0.25) is 4.98 Å². The van der Waals surface area contributed by atoms with Gasteiger partial charge in [-0.05, 0) is 49.1 Å². The molecule has 0 unspecified atom stereocenters. The molecule has 3 nitrogen and oxygen atoms in total. The minimum Gasteiger partial charge on any atom is -0.437 e. The number of fused-ring (bicyclic) bond motifs is 3. The summed E-state index contributed by atoms with van der Waals surface area (Å²) >= 11 is 0. The van der Waals surface area contributed by atoms with E-state index >= 15 is 0 Å². The molecule has 0 N–H and O–H groups in total. The molecular formula is C19H16N2O. The Morgan fingerprint density at radius 3 is 3.00 bits per heavy atom. The van der Waals surface area contributed by atoms with E-state index in [4.69, 9.17) is 11.3 Å². The van der Waals surface area contributed by atoms with E-state index in [-0.39, 0.29) is 11.4 Å². The fourth-order valence-electron chi connectivity index (χ4n) is 2.61. The highest BCUT2D eigenvalue weighted by atomic mass is 16.3. The second kappa shape index (κ2) is 4.95. The van der Waals surface area contributed by atoms with Crippen LogP contribution in [0.25, 0.3) is 33.3 Å². The number of nitrogens with zero attached hydrogens (tertiary/aromatic N) is 2. The van der Waals surface area contributed by atoms with E-state index in [1.54, 1.807) is 24.4 Å². The molecule has 0 saturated carbocycles. The molecule has 3 aromatic heterocycles. The van der Waals surface area contributed by atoms with Gasteiger partial charge in [-0.2, -0.15) is 0 Å². The van der Waals surface area contributed by atoms with Gasteiger partial charge in [0.2, 0.25) is 5.71 Å². The lowest BCUT2D eigenvalue weighted by atomic mass is 10.0. The highest BCUT2D eigenvalue weighted by molar-refractivity contribution is 6.08. The van der Waals surface area contributed by atoms with E-state index < -0.39 is 13.2 Å². The lowest BCUT2D eigenvalue weighted by molar-refractivity contribution is 0.653. The van der Waals surface area contributed by atoms with Crippen molar-refractivity contribution < 1.29 is 11.3 Å². The van der Waals surface area contributed by atoms with Crippen molar-refractivity contribution >= 4 is 22.1 Å². The maximum atomic E-state index is 7.92. The Labute approximate surface area is 135 Å². The molecule has 3 heterocycles. The van der Waals surface area contributed by atoms with E-state index in [0.717, 1.165) is 10.8 Å². The van der Waals surface area contributed by atoms with Crippen LogP contribution >= 0.6 is 0 Å². The predicted molar refractivity (Wildman–Crippen MR) is 88.9 cm³/mol. The lowest BCUT2D eigenvalue weighted by Crippen LogP contribution is -1.87. The quantitative estimate of drug-likeness (QED) is 0.527. The van der Waals surface area contributed by atoms with Crippen LogP contribution in [0, 0.1) is 6.85 Å². The molecule has 0 aliphatic heterocycles. The van der Waals surface area contributed by atoms with Crippen LogP contribution in [0.4, 0.5) is 0 Å². The molecule has 0 amide bonds. The van der Waals surface area contributed by atoms with Crippen LogP contribution in [-0.4, -0.2) is 9.97 Å². The SMILES string of the molecule is [2H]C([2H])([2H])c1ccc2c(n1)oc1c(-c3cc(C([2H])([2H])C)ccn3)cccc12. The molecule has 4 rings (SSSR count). The van der Waals surface area contributed by atoms with Gasteiger partial charge in [0, 0.05) is 35.1 Å². The average molecular weight is 293 g/mol. The Hall–Kier alpha value is -2.68. The van der Waals surface area contributed by atoms with E-state index in [9.17, 15) is 0 Å². The fourth-order valence-corrected chi connectivity index (χ4v) is 2.61. The van der Waals surface area contributed by atoms with E-state index in [2.05, 4.69) is 9.97 Å². The van der Waals surface area contributed by atoms with Crippen molar-refractivity contribution in [1.82, 2.24) is 9.97 Å². The minimum atomic E-state index is -2.31. The molecule has 0 bridgehead atoms. The number of rotatable bonds is 2. The molecule has 1 aromatic carbocycles. The summed E-state index contributed by atoms with van der Waals surface area (Å²) in [5, 5.41) is 1.53. The van der Waals surface area contributed by atoms with Gasteiger partial charge in [0.05, 0.1) is 5.69 Å². The van der Waals surface area contributed by atoms with E-state index in [0.29, 0.717) is 22.4 Å². The average Bonchev–Trinajstić information content (AvgIpc) is 2.98. The number of pyridine rings is 2. The first-order valence-corrected chi connectivity index (χ1v) is 6.94. The fraction of sp³-hybridized carbons (Fsp3) is 0.158. The summed E-state index contributed by atoms with van der Waals surface area (Å²) in [6.07, 6.45) is 0.0775. The first-order chi connectivity index (χ1) is 12.6. The van der Waals surface area contributed by atoms with Crippen molar-refractivity contribution in [3.63, 3.8) is 0 Å². The third-order valence-electron chi connectivity index (χ3n) is 3.69. The third-order valence-corrected chi connectivity index (χ3v) is 3.69. The van der Waals surface area contributed by atoms with E-state index in [1.807, 2.05) is 18.2 Å². The van der Waals surface area contributed by atoms with Crippen LogP contribution < -0.4 is 0 Å². The Balaban J connectivity index is 1.95. The summed E-state index contributed by atoms with van der Waals surface area (Å²) < 4.78 is 44.3. The van der Waals surface area contributed by atoms with Gasteiger partial charge in [-0.15, -0.1) is 0 Å². The maximum absolute atomic E-state index is 7.92. The zero-order valence-electron chi connectivity index (χ0n) is 16.9. The summed E-state index contributed by atoms with van der Waals surface area (Å²) in [6.45, 7) is -0.813. The number of aromatic nitrogens is 2. The van der Waals surface area contributed by atoms with Crippen LogP contribution in [0.2, 0.25) is 0 Å². The van der Waals surface area contributed by atoms with Gasteiger partial charge in [0.1, 0.15) is 5.58 Å². The van der Waals surface area contributed by atoms with E-state index in [1.165, 1.54) is 13.0 Å². The van der Waals surface area contributed by atoms with Crippen LogP contribution in [0.3, 0.4) is 0 Å². The highest BCUT2D eigenvalue weighted by Crippen LogP contribution is 2.34. The van der Waals surface area contributed by atoms with Gasteiger partial charge in [0.15, 0.2) is 0 Å². The van der Waals surface area contributed by atoms with Crippen molar-refractivity contribution in [2.45, 2.75) is 20.1 Å². The van der Waals surface area contributed by atoms with Gasteiger partial charge < -0.3 is 4.42 Å². The zero-order valence-corrected chi connectivity index (χ0v) is 11.9. The molecule has 0 fully saturated rings. The topological polar surface area (TPSA) is 38.9 Å². The summed E-state index contributed by atoms with van der Waals surface area (Å²) in [5.41, 5.74) is 2.58. The Bertz CT molecular complexity index is 1160. The Morgan fingerprint density at radius 2 is 2.14 bits per heavy atom. The molecule has 0 atom stereocenters. The number of furan rings is 1. The molecule has 0 radical (unpaired) electrons. The van der Waals surface area contributed by atoms with Crippen molar-refractivity contribution in [2.24, 2.45) is 0 Å². The van der Waals surface area contributed by atoms with Crippen molar-refractivity contribution in [2.75, 3.05) is 0 Å². The Morgan fingerprint density at radius 1 is 1.18 bits per heavy atom. The number of hydrogen-bond acceptors (Lipinski definition) is 3. The summed E-state index contributed by atoms with van der Waals surface area (Å²) in [5.74, 6) is 0. The molecule has 108 valence electrons. The second-order valence-electron chi connectivity index (χ2n) is 5.01. The molecule has 0 spiro atoms. The molecule has 22 heavy (non-hydrogen) atoms. The molecule has 0 aliphatic carbocycles. The highest BCUT2D eigenvalue weighted by Gasteiger charge is 2.13. The van der Waals surface area contributed by atoms with Crippen LogP contribution in [0.1, 0.15) is 25.0 Å². The van der Waals surface area contributed by atoms with Gasteiger partial charge >= 0.3 is 0 Å². The molecule has 0 saturated heterocycles. The third kappa shape index (κ3) is 1.98. The molecule has 4 aromatic rings. The maximum Gasteiger partial charge on any atom is 0.227 e. The van der Waals surface area contributed by atoms with Crippen molar-refractivity contribution in [3.05, 3.63) is 59.9 Å². The molecule has 3 heteroatoms. The zero-order chi connectivity index (χ0) is 19.4. The summed E-state index contributed by atoms with van der Waals surface area (Å²) in [7, 11) is 0. The Kier molecular flexibility index (Phi) is 1.95. The number of aryl methyl sites for hydroxylation is 2. The first kappa shape index (κ1) is 8.69. The van der Waals surface area contributed by atoms with Crippen LogP contribution in [-0.2, 0) is 6.37 Å². The smallest absolute Gasteiger partial charge is 0.227 e. The standard InChI is InChI=1S/C19H16N2O/c1-3-13-9-10-20-17(11-13)16-6-4-5-14-15-8-7-12(2)21-19(15)22-18(14)16/h4-11H,3H2,1-2H3/i2D3,3D2. The molecular weight excluding hydrogens is 272 g/mol. The van der Waals surface area contributed by atoms with Gasteiger partial charge in [-0.25, -0.2) is 4.98 Å². The monoisotopic (exact) mass is 293 g/mol. The number of hydrogen-bond donors (Lipinski definition) is 0. The summed E-state index contributed by atoms with van der Waals surface area (Å²) in [4.78, 5) is 8.53. The first-order valence-electron chi connectivity index (χ1n) is 9.44. The van der Waals surface area contributed by atoms with Crippen LogP contribution in [0.5, 0.6) is 0 Å². The predicted octanol–water partition coefficient (Wildman–Crippen LogP) is 4.91. The second-order valence-corrected chi connectivity index (χ2v) is 5.01. The lowest BCUT2D eigenvalue weighted by Gasteiger charge is -2.03. The van der Waals surface area contributed by atoms with Gasteiger partial charge in [-0.1, -0.05) is 19.1 Å². The number of para-hydroxylation sites is 1. The van der Waals surface area contributed by atoms with Crippen molar-refractivity contribution in [1.29, 1.82) is 0 Å². The largest absolute Gasteiger partial charge is 0.437 e. The normalized spacial score (nSPS) is 16.0. The van der Waals surface area contributed by atoms with Crippen molar-refractivity contribution in [3.8, 4) is 11.3 Å². The summed E-state index contributed by atoms with van der Waals surface area (Å²) in [6, 6.07) is 12.1.